The van der Waals surface area contributed by atoms with Crippen molar-refractivity contribution >= 4 is 49.9 Å². The van der Waals surface area contributed by atoms with Gasteiger partial charge in [0.05, 0.1) is 4.90 Å². The number of hydrogen-bond acceptors (Lipinski definition) is 3. The molecule has 0 spiro atoms. The molecule has 4 nitrogen and oxygen atoms in total. The molecule has 0 aliphatic heterocycles. The van der Waals surface area contributed by atoms with E-state index in [1.54, 1.807) is 24.3 Å². The molecule has 0 unspecified atom stereocenters. The SMILES string of the molecule is O=S(=O)(NC(=S)NC1CCCCC1)c1ccc(I)cc1. The third-order valence-electron chi connectivity index (χ3n) is 3.29. The van der Waals surface area contributed by atoms with Gasteiger partial charge in [-0.25, -0.2) is 8.42 Å². The summed E-state index contributed by atoms with van der Waals surface area (Å²) in [7, 11) is -3.58. The summed E-state index contributed by atoms with van der Waals surface area (Å²) >= 11 is 7.24. The van der Waals surface area contributed by atoms with E-state index < -0.39 is 10.0 Å². The smallest absolute Gasteiger partial charge is 0.263 e. The van der Waals surface area contributed by atoms with E-state index in [0.717, 1.165) is 16.4 Å². The van der Waals surface area contributed by atoms with Crippen LogP contribution in [0, 0.1) is 3.57 Å². The number of thiocarbonyl (C=S) groups is 1. The number of hydrogen-bond donors (Lipinski definition) is 2. The van der Waals surface area contributed by atoms with Crippen molar-refractivity contribution in [3.8, 4) is 0 Å². The molecule has 0 bridgehead atoms. The van der Waals surface area contributed by atoms with Crippen molar-refractivity contribution in [2.24, 2.45) is 0 Å². The summed E-state index contributed by atoms with van der Waals surface area (Å²) in [6.45, 7) is 0. The highest BCUT2D eigenvalue weighted by Gasteiger charge is 2.18. The Bertz CT molecular complexity index is 567. The predicted molar refractivity (Wildman–Crippen MR) is 92.1 cm³/mol. The lowest BCUT2D eigenvalue weighted by Crippen LogP contribution is -2.44. The Balaban J connectivity index is 1.97. The van der Waals surface area contributed by atoms with Crippen LogP contribution < -0.4 is 10.0 Å². The van der Waals surface area contributed by atoms with E-state index in [1.165, 1.54) is 19.3 Å². The van der Waals surface area contributed by atoms with Crippen molar-refractivity contribution in [1.82, 2.24) is 10.0 Å². The van der Waals surface area contributed by atoms with Gasteiger partial charge in [0.15, 0.2) is 5.11 Å². The van der Waals surface area contributed by atoms with Gasteiger partial charge in [-0.15, -0.1) is 0 Å². The van der Waals surface area contributed by atoms with Gasteiger partial charge < -0.3 is 5.32 Å². The van der Waals surface area contributed by atoms with Gasteiger partial charge in [-0.05, 0) is 71.9 Å². The van der Waals surface area contributed by atoms with E-state index in [0.29, 0.717) is 0 Å². The fourth-order valence-corrected chi connectivity index (χ4v) is 4.03. The van der Waals surface area contributed by atoms with Crippen LogP contribution >= 0.6 is 34.8 Å². The Kier molecular flexibility index (Phi) is 5.62. The van der Waals surface area contributed by atoms with Crippen LogP contribution in [0.25, 0.3) is 0 Å². The van der Waals surface area contributed by atoms with Crippen LogP contribution in [0.5, 0.6) is 0 Å². The summed E-state index contributed by atoms with van der Waals surface area (Å²) in [5, 5.41) is 3.29. The second-order valence-corrected chi connectivity index (χ2v) is 8.20. The lowest BCUT2D eigenvalue weighted by atomic mass is 9.96. The second-order valence-electron chi connectivity index (χ2n) is 4.87. The van der Waals surface area contributed by atoms with Crippen molar-refractivity contribution in [3.05, 3.63) is 27.8 Å². The zero-order chi connectivity index (χ0) is 14.6. The molecular formula is C13H17IN2O2S2. The number of nitrogens with one attached hydrogen (secondary N) is 2. The van der Waals surface area contributed by atoms with Crippen molar-refractivity contribution in [3.63, 3.8) is 0 Å². The van der Waals surface area contributed by atoms with Crippen molar-refractivity contribution in [2.45, 2.75) is 43.0 Å². The van der Waals surface area contributed by atoms with Crippen molar-refractivity contribution < 1.29 is 8.42 Å². The summed E-state index contributed by atoms with van der Waals surface area (Å²) < 4.78 is 27.7. The Morgan fingerprint density at radius 3 is 2.35 bits per heavy atom. The minimum Gasteiger partial charge on any atom is -0.359 e. The molecule has 0 amide bonds. The van der Waals surface area contributed by atoms with E-state index in [9.17, 15) is 8.42 Å². The Morgan fingerprint density at radius 2 is 1.75 bits per heavy atom. The van der Waals surface area contributed by atoms with Gasteiger partial charge in [0.25, 0.3) is 10.0 Å². The molecule has 0 radical (unpaired) electrons. The first-order chi connectivity index (χ1) is 9.47. The van der Waals surface area contributed by atoms with Crippen LogP contribution in [0.15, 0.2) is 29.2 Å². The third kappa shape index (κ3) is 4.56. The molecule has 2 rings (SSSR count). The van der Waals surface area contributed by atoms with Gasteiger partial charge in [-0.1, -0.05) is 19.3 Å². The van der Waals surface area contributed by atoms with Gasteiger partial charge in [0, 0.05) is 9.61 Å². The molecule has 1 aliphatic carbocycles. The molecule has 0 atom stereocenters. The summed E-state index contributed by atoms with van der Waals surface area (Å²) in [4.78, 5) is 0.228. The zero-order valence-electron chi connectivity index (χ0n) is 10.9. The van der Waals surface area contributed by atoms with Crippen LogP contribution in [0.4, 0.5) is 0 Å². The van der Waals surface area contributed by atoms with Gasteiger partial charge in [-0.2, -0.15) is 0 Å². The van der Waals surface area contributed by atoms with Crippen LogP contribution in [-0.4, -0.2) is 19.6 Å². The first kappa shape index (κ1) is 16.0. The largest absolute Gasteiger partial charge is 0.359 e. The van der Waals surface area contributed by atoms with Gasteiger partial charge in [0.2, 0.25) is 0 Å². The fourth-order valence-electron chi connectivity index (χ4n) is 2.26. The second kappa shape index (κ2) is 7.04. The molecule has 110 valence electrons. The van der Waals surface area contributed by atoms with Crippen LogP contribution in [0.3, 0.4) is 0 Å². The standard InChI is InChI=1S/C13H17IN2O2S2/c14-10-6-8-12(9-7-10)20(17,18)16-13(19)15-11-4-2-1-3-5-11/h6-9,11H,1-5H2,(H2,15,16,19). The first-order valence-electron chi connectivity index (χ1n) is 6.56. The van der Waals surface area contributed by atoms with Gasteiger partial charge in [0.1, 0.15) is 0 Å². The molecule has 1 aromatic rings. The molecule has 0 saturated heterocycles. The monoisotopic (exact) mass is 424 g/mol. The Labute approximate surface area is 138 Å². The lowest BCUT2D eigenvalue weighted by molar-refractivity contribution is 0.413. The normalized spacial score (nSPS) is 16.6. The highest BCUT2D eigenvalue weighted by atomic mass is 127. The van der Waals surface area contributed by atoms with Crippen LogP contribution in [-0.2, 0) is 10.0 Å². The summed E-state index contributed by atoms with van der Waals surface area (Å²) in [6.07, 6.45) is 5.68. The van der Waals surface area contributed by atoms with Crippen molar-refractivity contribution in [2.75, 3.05) is 0 Å². The molecule has 0 aromatic heterocycles. The van der Waals surface area contributed by atoms with Gasteiger partial charge >= 0.3 is 0 Å². The molecule has 20 heavy (non-hydrogen) atoms. The Morgan fingerprint density at radius 1 is 1.15 bits per heavy atom. The van der Waals surface area contributed by atoms with Crippen LogP contribution in [0.1, 0.15) is 32.1 Å². The summed E-state index contributed by atoms with van der Waals surface area (Å²) in [5.41, 5.74) is 0. The molecule has 0 heterocycles. The van der Waals surface area contributed by atoms with E-state index in [-0.39, 0.29) is 16.0 Å². The number of sulfonamides is 1. The first-order valence-corrected chi connectivity index (χ1v) is 9.53. The maximum Gasteiger partial charge on any atom is 0.263 e. The van der Waals surface area contributed by atoms with Crippen molar-refractivity contribution in [1.29, 1.82) is 0 Å². The third-order valence-corrected chi connectivity index (χ3v) is 5.73. The van der Waals surface area contributed by atoms with E-state index in [2.05, 4.69) is 32.6 Å². The molecule has 1 fully saturated rings. The summed E-state index contributed by atoms with van der Waals surface area (Å²) in [5.74, 6) is 0. The van der Waals surface area contributed by atoms with E-state index >= 15 is 0 Å². The number of benzene rings is 1. The molecule has 1 saturated carbocycles. The highest BCUT2D eigenvalue weighted by Crippen LogP contribution is 2.17. The maximum atomic E-state index is 12.2. The predicted octanol–water partition coefficient (Wildman–Crippen LogP) is 2.78. The topological polar surface area (TPSA) is 58.2 Å². The average Bonchev–Trinajstić information content (AvgIpc) is 2.39. The average molecular weight is 424 g/mol. The van der Waals surface area contributed by atoms with E-state index in [4.69, 9.17) is 12.2 Å². The highest BCUT2D eigenvalue weighted by molar-refractivity contribution is 14.1. The minimum absolute atomic E-state index is 0.190. The zero-order valence-corrected chi connectivity index (χ0v) is 14.7. The Hall–Kier alpha value is -0.410. The fraction of sp³-hybridized carbons (Fsp3) is 0.462. The molecule has 2 N–H and O–H groups in total. The quantitative estimate of drug-likeness (QED) is 0.579. The molecule has 1 aromatic carbocycles. The number of rotatable bonds is 3. The minimum atomic E-state index is -3.58. The maximum absolute atomic E-state index is 12.2. The summed E-state index contributed by atoms with van der Waals surface area (Å²) in [6, 6.07) is 6.95. The number of halogens is 1. The van der Waals surface area contributed by atoms with Crippen LogP contribution in [0.2, 0.25) is 0 Å². The molecule has 7 heteroatoms. The molecule has 1 aliphatic rings. The molecular weight excluding hydrogens is 407 g/mol. The van der Waals surface area contributed by atoms with Gasteiger partial charge in [-0.3, -0.25) is 4.72 Å². The van der Waals surface area contributed by atoms with E-state index in [1.807, 2.05) is 0 Å². The lowest BCUT2D eigenvalue weighted by Gasteiger charge is -2.24.